The van der Waals surface area contributed by atoms with Gasteiger partial charge < -0.3 is 16.0 Å². The van der Waals surface area contributed by atoms with Crippen LogP contribution in [0.2, 0.25) is 5.02 Å². The number of rotatable bonds is 11. The van der Waals surface area contributed by atoms with Crippen LogP contribution in [-0.4, -0.2) is 22.6 Å². The number of halogens is 1. The normalized spacial score (nSPS) is 11.6. The highest BCUT2D eigenvalue weighted by Crippen LogP contribution is 2.37. The molecule has 5 rings (SSSR count). The average molecular weight is 663 g/mol. The molecule has 0 aromatic heterocycles. The van der Waals surface area contributed by atoms with Crippen LogP contribution in [0, 0.1) is 10.1 Å². The van der Waals surface area contributed by atoms with Gasteiger partial charge in [-0.3, -0.25) is 24.5 Å². The molecular formula is C36H27ClN4O5S. The van der Waals surface area contributed by atoms with E-state index in [1.54, 1.807) is 78.9 Å². The Bertz CT molecular complexity index is 1920. The fourth-order valence-corrected chi connectivity index (χ4v) is 5.63. The number of nitro benzene ring substituents is 1. The summed E-state index contributed by atoms with van der Waals surface area (Å²) in [5.41, 5.74) is 2.52. The smallest absolute Gasteiger partial charge is 0.272 e. The summed E-state index contributed by atoms with van der Waals surface area (Å²) in [6.07, 6.45) is 1.51. The lowest BCUT2D eigenvalue weighted by atomic mass is 10.1. The summed E-state index contributed by atoms with van der Waals surface area (Å²) in [4.78, 5) is 51.0. The summed E-state index contributed by atoms with van der Waals surface area (Å²) >= 11 is 7.64. The Balaban J connectivity index is 1.32. The first-order valence-corrected chi connectivity index (χ1v) is 15.5. The SMILES string of the molecule is O=C(Nc1ccc(SC(C(=O)Nc2ccc([N+](=O)[O-])cc2)c2ccccc2)cc1)/C(=C/c1ccccc1Cl)NC(=O)c1ccccc1. The van der Waals surface area contributed by atoms with Crippen molar-refractivity contribution in [2.45, 2.75) is 10.1 Å². The van der Waals surface area contributed by atoms with Crippen molar-refractivity contribution in [2.24, 2.45) is 0 Å². The van der Waals surface area contributed by atoms with Gasteiger partial charge in [0.2, 0.25) is 5.91 Å². The van der Waals surface area contributed by atoms with E-state index in [1.165, 1.54) is 42.1 Å². The highest BCUT2D eigenvalue weighted by Gasteiger charge is 2.23. The molecule has 0 saturated carbocycles. The molecule has 0 spiro atoms. The maximum Gasteiger partial charge on any atom is 0.272 e. The summed E-state index contributed by atoms with van der Waals surface area (Å²) < 4.78 is 0. The molecule has 11 heteroatoms. The summed E-state index contributed by atoms with van der Waals surface area (Å²) in [7, 11) is 0. The number of nitro groups is 1. The van der Waals surface area contributed by atoms with Gasteiger partial charge >= 0.3 is 0 Å². The molecule has 3 amide bonds. The third-order valence-electron chi connectivity index (χ3n) is 6.79. The van der Waals surface area contributed by atoms with Gasteiger partial charge in [0.15, 0.2) is 0 Å². The number of carbonyl (C=O) groups is 3. The maximum atomic E-state index is 13.4. The number of thioether (sulfide) groups is 1. The molecule has 1 atom stereocenters. The molecule has 1 unspecified atom stereocenters. The summed E-state index contributed by atoms with van der Waals surface area (Å²) in [6, 6.07) is 37.3. The average Bonchev–Trinajstić information content (AvgIpc) is 3.09. The highest BCUT2D eigenvalue weighted by atomic mass is 35.5. The van der Waals surface area contributed by atoms with E-state index in [0.717, 1.165) is 10.5 Å². The molecule has 0 aliphatic carbocycles. The van der Waals surface area contributed by atoms with Crippen LogP contribution in [0.25, 0.3) is 6.08 Å². The first-order valence-electron chi connectivity index (χ1n) is 14.3. The second kappa shape index (κ2) is 15.5. The van der Waals surface area contributed by atoms with Crippen molar-refractivity contribution in [1.82, 2.24) is 5.32 Å². The van der Waals surface area contributed by atoms with E-state index in [4.69, 9.17) is 11.6 Å². The number of hydrogen-bond donors (Lipinski definition) is 3. The molecule has 0 fully saturated rings. The molecule has 9 nitrogen and oxygen atoms in total. The number of hydrogen-bond acceptors (Lipinski definition) is 6. The number of amides is 3. The molecule has 0 bridgehead atoms. The Morgan fingerprint density at radius 2 is 1.30 bits per heavy atom. The van der Waals surface area contributed by atoms with Crippen molar-refractivity contribution >= 4 is 64.2 Å². The molecule has 3 N–H and O–H groups in total. The lowest BCUT2D eigenvalue weighted by molar-refractivity contribution is -0.384. The predicted molar refractivity (Wildman–Crippen MR) is 185 cm³/mol. The Morgan fingerprint density at radius 1 is 0.723 bits per heavy atom. The molecule has 5 aromatic rings. The van der Waals surface area contributed by atoms with E-state index < -0.39 is 22.0 Å². The zero-order valence-corrected chi connectivity index (χ0v) is 26.2. The molecule has 47 heavy (non-hydrogen) atoms. The fraction of sp³-hybridized carbons (Fsp3) is 0.0278. The highest BCUT2D eigenvalue weighted by molar-refractivity contribution is 8.00. The van der Waals surface area contributed by atoms with Crippen molar-refractivity contribution in [3.05, 3.63) is 171 Å². The molecular weight excluding hydrogens is 636 g/mol. The maximum absolute atomic E-state index is 13.4. The Kier molecular flexibility index (Phi) is 10.8. The Hall–Kier alpha value is -5.71. The van der Waals surface area contributed by atoms with Crippen LogP contribution < -0.4 is 16.0 Å². The van der Waals surface area contributed by atoms with Gasteiger partial charge in [0, 0.05) is 39.0 Å². The van der Waals surface area contributed by atoms with Gasteiger partial charge in [0.1, 0.15) is 10.9 Å². The standard InChI is InChI=1S/C36H27ClN4O5S/c37-31-14-8-7-13-26(31)23-32(40-34(42)25-11-5-2-6-12-25)35(43)38-28-17-21-30(22-18-28)47-33(24-9-3-1-4-10-24)36(44)39-27-15-19-29(20-16-27)41(45)46/h1-23,33H,(H,38,43)(H,39,44)(H,40,42)/b32-23-. The van der Waals surface area contributed by atoms with Crippen molar-refractivity contribution in [1.29, 1.82) is 0 Å². The van der Waals surface area contributed by atoms with Gasteiger partial charge in [0.25, 0.3) is 17.5 Å². The fourth-order valence-electron chi connectivity index (χ4n) is 4.42. The lowest BCUT2D eigenvalue weighted by Gasteiger charge is -2.17. The number of non-ortho nitro benzene ring substituents is 1. The zero-order valence-electron chi connectivity index (χ0n) is 24.6. The summed E-state index contributed by atoms with van der Waals surface area (Å²) in [5, 5.41) is 19.1. The van der Waals surface area contributed by atoms with Crippen molar-refractivity contribution < 1.29 is 19.3 Å². The van der Waals surface area contributed by atoms with Crippen LogP contribution in [0.4, 0.5) is 17.1 Å². The monoisotopic (exact) mass is 662 g/mol. The first-order chi connectivity index (χ1) is 22.8. The van der Waals surface area contributed by atoms with Crippen LogP contribution >= 0.6 is 23.4 Å². The molecule has 0 radical (unpaired) electrons. The summed E-state index contributed by atoms with van der Waals surface area (Å²) in [5.74, 6) is -1.32. The second-order valence-corrected chi connectivity index (χ2v) is 11.7. The topological polar surface area (TPSA) is 130 Å². The Labute approximate surface area is 279 Å². The predicted octanol–water partition coefficient (Wildman–Crippen LogP) is 8.13. The van der Waals surface area contributed by atoms with Gasteiger partial charge in [-0.15, -0.1) is 11.8 Å². The zero-order chi connectivity index (χ0) is 33.2. The molecule has 5 aromatic carbocycles. The van der Waals surface area contributed by atoms with Crippen LogP contribution in [0.15, 0.2) is 144 Å². The molecule has 0 saturated heterocycles. The number of carbonyl (C=O) groups excluding carboxylic acids is 3. The van der Waals surface area contributed by atoms with E-state index in [2.05, 4.69) is 16.0 Å². The Morgan fingerprint density at radius 3 is 1.94 bits per heavy atom. The van der Waals surface area contributed by atoms with Gasteiger partial charge in [-0.1, -0.05) is 78.3 Å². The number of nitrogens with one attached hydrogen (secondary N) is 3. The van der Waals surface area contributed by atoms with Crippen molar-refractivity contribution in [3.8, 4) is 0 Å². The molecule has 234 valence electrons. The summed E-state index contributed by atoms with van der Waals surface area (Å²) in [6.45, 7) is 0. The molecule has 0 aliphatic rings. The molecule has 0 heterocycles. The minimum atomic E-state index is -0.648. The minimum Gasteiger partial charge on any atom is -0.325 e. The van der Waals surface area contributed by atoms with Gasteiger partial charge in [-0.05, 0) is 71.8 Å². The third-order valence-corrected chi connectivity index (χ3v) is 8.40. The largest absolute Gasteiger partial charge is 0.325 e. The number of anilines is 2. The van der Waals surface area contributed by atoms with Crippen molar-refractivity contribution in [2.75, 3.05) is 10.6 Å². The first kappa shape index (κ1) is 32.7. The number of benzene rings is 5. The van der Waals surface area contributed by atoms with E-state index in [9.17, 15) is 24.5 Å². The van der Waals surface area contributed by atoms with E-state index in [0.29, 0.717) is 27.5 Å². The van der Waals surface area contributed by atoms with E-state index in [1.807, 2.05) is 30.3 Å². The van der Waals surface area contributed by atoms with E-state index >= 15 is 0 Å². The molecule has 0 aliphatic heterocycles. The third kappa shape index (κ3) is 8.94. The quantitative estimate of drug-likeness (QED) is 0.0567. The van der Waals surface area contributed by atoms with Gasteiger partial charge in [-0.25, -0.2) is 0 Å². The minimum absolute atomic E-state index is 0.00235. The lowest BCUT2D eigenvalue weighted by Crippen LogP contribution is -2.30. The van der Waals surface area contributed by atoms with Crippen LogP contribution in [0.1, 0.15) is 26.7 Å². The van der Waals surface area contributed by atoms with Crippen molar-refractivity contribution in [3.63, 3.8) is 0 Å². The number of nitrogens with zero attached hydrogens (tertiary/aromatic N) is 1. The van der Waals surface area contributed by atoms with Gasteiger partial charge in [0.05, 0.1) is 4.92 Å². The van der Waals surface area contributed by atoms with Crippen LogP contribution in [0.5, 0.6) is 0 Å². The second-order valence-electron chi connectivity index (χ2n) is 10.1. The van der Waals surface area contributed by atoms with E-state index in [-0.39, 0.29) is 17.3 Å². The van der Waals surface area contributed by atoms with Gasteiger partial charge in [-0.2, -0.15) is 0 Å². The van der Waals surface area contributed by atoms with Crippen LogP contribution in [-0.2, 0) is 9.59 Å². The van der Waals surface area contributed by atoms with Crippen LogP contribution in [0.3, 0.4) is 0 Å².